The van der Waals surface area contributed by atoms with E-state index in [4.69, 9.17) is 0 Å². The van der Waals surface area contributed by atoms with E-state index in [1.54, 1.807) is 35.2 Å². The number of amides is 1. The molecule has 1 aliphatic heterocycles. The van der Waals surface area contributed by atoms with Crippen LogP contribution in [0.4, 0.5) is 11.4 Å². The van der Waals surface area contributed by atoms with Crippen molar-refractivity contribution in [1.82, 2.24) is 9.80 Å². The first-order valence-corrected chi connectivity index (χ1v) is 11.1. The quantitative estimate of drug-likeness (QED) is 0.489. The number of carbonyl (C=O) groups excluding carboxylic acids is 1. The molecule has 9 nitrogen and oxygen atoms in total. The van der Waals surface area contributed by atoms with Crippen LogP contribution in [0.3, 0.4) is 0 Å². The van der Waals surface area contributed by atoms with E-state index >= 15 is 0 Å². The van der Waals surface area contributed by atoms with Crippen LogP contribution >= 0.6 is 0 Å². The fourth-order valence-electron chi connectivity index (χ4n) is 3.39. The van der Waals surface area contributed by atoms with E-state index in [0.29, 0.717) is 13.1 Å². The van der Waals surface area contributed by atoms with Gasteiger partial charge in [0.05, 0.1) is 10.6 Å². The number of nitrogens with zero attached hydrogens (tertiary/aromatic N) is 4. The number of hydrogen-bond donors (Lipinski definition) is 0. The van der Waals surface area contributed by atoms with Crippen molar-refractivity contribution in [2.75, 3.05) is 43.6 Å². The lowest BCUT2D eigenvalue weighted by atomic mass is 10.3. The zero-order chi connectivity index (χ0) is 21.7. The molecule has 0 atom stereocenters. The van der Waals surface area contributed by atoms with Gasteiger partial charge in [0.15, 0.2) is 4.90 Å². The van der Waals surface area contributed by atoms with Crippen molar-refractivity contribution in [3.8, 4) is 0 Å². The molecule has 0 bridgehead atoms. The predicted molar refractivity (Wildman–Crippen MR) is 113 cm³/mol. The second kappa shape index (κ2) is 9.23. The van der Waals surface area contributed by atoms with E-state index < -0.39 is 32.1 Å². The Labute approximate surface area is 175 Å². The molecule has 1 aliphatic rings. The summed E-state index contributed by atoms with van der Waals surface area (Å²) in [6.07, 6.45) is 0. The minimum Gasteiger partial charge on any atom is -0.339 e. The number of hydrogen-bond acceptors (Lipinski definition) is 6. The van der Waals surface area contributed by atoms with E-state index in [1.165, 1.54) is 18.2 Å². The number of carbonyl (C=O) groups is 1. The van der Waals surface area contributed by atoms with E-state index in [-0.39, 0.29) is 11.6 Å². The van der Waals surface area contributed by atoms with Crippen molar-refractivity contribution in [3.63, 3.8) is 0 Å². The van der Waals surface area contributed by atoms with Gasteiger partial charge in [0, 0.05) is 32.2 Å². The highest BCUT2D eigenvalue weighted by atomic mass is 32.2. The van der Waals surface area contributed by atoms with Gasteiger partial charge in [0.1, 0.15) is 6.54 Å². The van der Waals surface area contributed by atoms with E-state index in [2.05, 4.69) is 4.90 Å². The first kappa shape index (κ1) is 21.7. The summed E-state index contributed by atoms with van der Waals surface area (Å²) in [7, 11) is -4.35. The van der Waals surface area contributed by atoms with Crippen LogP contribution in [0.1, 0.15) is 6.92 Å². The highest BCUT2D eigenvalue weighted by Gasteiger charge is 2.34. The zero-order valence-corrected chi connectivity index (χ0v) is 17.5. The fourth-order valence-corrected chi connectivity index (χ4v) is 4.96. The first-order chi connectivity index (χ1) is 14.3. The second-order valence-electron chi connectivity index (χ2n) is 6.89. The molecule has 3 rings (SSSR count). The normalized spacial score (nSPS) is 15.0. The molecule has 0 N–H and O–H groups in total. The van der Waals surface area contributed by atoms with Gasteiger partial charge in [-0.05, 0) is 24.7 Å². The Morgan fingerprint density at radius 2 is 1.63 bits per heavy atom. The summed E-state index contributed by atoms with van der Waals surface area (Å²) in [5.74, 6) is -0.336. The van der Waals surface area contributed by atoms with E-state index in [9.17, 15) is 23.3 Å². The third kappa shape index (κ3) is 4.60. The number of benzene rings is 2. The SMILES string of the molecule is CCN1CCN(C(=O)CN(c2ccccc2)S(=O)(=O)c2ccccc2[N+](=O)[O-])CC1. The minimum absolute atomic E-state index is 0.274. The van der Waals surface area contributed by atoms with Crippen LogP contribution < -0.4 is 4.31 Å². The molecule has 2 aromatic carbocycles. The number of sulfonamides is 1. The average Bonchev–Trinajstić information content (AvgIpc) is 2.77. The molecule has 0 unspecified atom stereocenters. The van der Waals surface area contributed by atoms with Crippen LogP contribution in [0.2, 0.25) is 0 Å². The van der Waals surface area contributed by atoms with Crippen LogP contribution in [0.15, 0.2) is 59.5 Å². The van der Waals surface area contributed by atoms with Gasteiger partial charge < -0.3 is 9.80 Å². The van der Waals surface area contributed by atoms with Crippen LogP contribution in [-0.2, 0) is 14.8 Å². The van der Waals surface area contributed by atoms with Gasteiger partial charge >= 0.3 is 0 Å². The number of nitro benzene ring substituents is 1. The van der Waals surface area contributed by atoms with Gasteiger partial charge in [-0.1, -0.05) is 37.3 Å². The monoisotopic (exact) mass is 432 g/mol. The molecule has 0 saturated carbocycles. The molecule has 0 aromatic heterocycles. The Morgan fingerprint density at radius 1 is 1.03 bits per heavy atom. The Morgan fingerprint density at radius 3 is 2.23 bits per heavy atom. The highest BCUT2D eigenvalue weighted by Crippen LogP contribution is 2.29. The molecule has 0 aliphatic carbocycles. The Bertz CT molecular complexity index is 1000. The highest BCUT2D eigenvalue weighted by molar-refractivity contribution is 7.93. The van der Waals surface area contributed by atoms with Gasteiger partial charge in [-0.25, -0.2) is 8.42 Å². The molecule has 1 amide bonds. The summed E-state index contributed by atoms with van der Waals surface area (Å²) < 4.78 is 27.8. The van der Waals surface area contributed by atoms with Crippen molar-refractivity contribution in [1.29, 1.82) is 0 Å². The summed E-state index contributed by atoms with van der Waals surface area (Å²) in [6, 6.07) is 13.3. The van der Waals surface area contributed by atoms with Crippen molar-refractivity contribution in [3.05, 3.63) is 64.7 Å². The Kier molecular flexibility index (Phi) is 6.68. The number of nitro groups is 1. The summed E-state index contributed by atoms with van der Waals surface area (Å²) in [4.78, 5) is 27.0. The standard InChI is InChI=1S/C20H24N4O5S/c1-2-21-12-14-22(15-13-21)20(25)16-23(17-8-4-3-5-9-17)30(28,29)19-11-7-6-10-18(19)24(26)27/h3-11H,2,12-16H2,1H3. The molecule has 0 spiro atoms. The first-order valence-electron chi connectivity index (χ1n) is 9.66. The molecule has 30 heavy (non-hydrogen) atoms. The van der Waals surface area contributed by atoms with Crippen molar-refractivity contribution in [2.45, 2.75) is 11.8 Å². The van der Waals surface area contributed by atoms with Crippen molar-refractivity contribution >= 4 is 27.3 Å². The average molecular weight is 433 g/mol. The van der Waals surface area contributed by atoms with Gasteiger partial charge in [0.25, 0.3) is 15.7 Å². The fraction of sp³-hybridized carbons (Fsp3) is 0.350. The van der Waals surface area contributed by atoms with Crippen LogP contribution in [0, 0.1) is 10.1 Å². The van der Waals surface area contributed by atoms with Crippen molar-refractivity contribution < 1.29 is 18.1 Å². The molecule has 10 heteroatoms. The Balaban J connectivity index is 1.94. The molecule has 0 radical (unpaired) electrons. The summed E-state index contributed by atoms with van der Waals surface area (Å²) >= 11 is 0. The maximum atomic E-state index is 13.4. The minimum atomic E-state index is -4.35. The Hall–Kier alpha value is -2.98. The lowest BCUT2D eigenvalue weighted by Crippen LogP contribution is -2.51. The number of piperazine rings is 1. The third-order valence-electron chi connectivity index (χ3n) is 5.13. The van der Waals surface area contributed by atoms with Crippen LogP contribution in [0.5, 0.6) is 0 Å². The molecule has 1 saturated heterocycles. The van der Waals surface area contributed by atoms with Gasteiger partial charge in [-0.15, -0.1) is 0 Å². The second-order valence-corrected chi connectivity index (χ2v) is 8.72. The number of rotatable bonds is 7. The van der Waals surface area contributed by atoms with Crippen LogP contribution in [-0.4, -0.2) is 68.3 Å². The maximum Gasteiger partial charge on any atom is 0.289 e. The lowest BCUT2D eigenvalue weighted by Gasteiger charge is -2.35. The summed E-state index contributed by atoms with van der Waals surface area (Å²) in [5, 5.41) is 11.4. The molecular weight excluding hydrogens is 408 g/mol. The molecular formula is C20H24N4O5S. The smallest absolute Gasteiger partial charge is 0.289 e. The largest absolute Gasteiger partial charge is 0.339 e. The number of likely N-dealkylation sites (N-methyl/N-ethyl adjacent to an activating group) is 1. The number of para-hydroxylation sites is 2. The zero-order valence-electron chi connectivity index (χ0n) is 16.7. The van der Waals surface area contributed by atoms with Gasteiger partial charge in [0.2, 0.25) is 5.91 Å². The van der Waals surface area contributed by atoms with E-state index in [0.717, 1.165) is 30.0 Å². The predicted octanol–water partition coefficient (Wildman–Crippen LogP) is 1.95. The molecule has 1 heterocycles. The lowest BCUT2D eigenvalue weighted by molar-refractivity contribution is -0.387. The topological polar surface area (TPSA) is 104 Å². The van der Waals surface area contributed by atoms with Gasteiger partial charge in [-0.3, -0.25) is 19.2 Å². The van der Waals surface area contributed by atoms with E-state index in [1.807, 2.05) is 6.92 Å². The molecule has 160 valence electrons. The molecule has 2 aromatic rings. The van der Waals surface area contributed by atoms with Crippen LogP contribution in [0.25, 0.3) is 0 Å². The maximum absolute atomic E-state index is 13.4. The van der Waals surface area contributed by atoms with Crippen molar-refractivity contribution in [2.24, 2.45) is 0 Å². The third-order valence-corrected chi connectivity index (χ3v) is 6.95. The summed E-state index contributed by atoms with van der Waals surface area (Å²) in [6.45, 7) is 5.00. The summed E-state index contributed by atoms with van der Waals surface area (Å²) in [5.41, 5.74) is -0.251. The molecule has 1 fully saturated rings. The number of anilines is 1. The van der Waals surface area contributed by atoms with Gasteiger partial charge in [-0.2, -0.15) is 0 Å².